The van der Waals surface area contributed by atoms with E-state index in [9.17, 15) is 4.79 Å². The normalized spacial score (nSPS) is 10.1. The van der Waals surface area contributed by atoms with E-state index in [1.807, 2.05) is 31.2 Å². The topological polar surface area (TPSA) is 17.1 Å². The lowest BCUT2D eigenvalue weighted by Crippen LogP contribution is -1.97. The van der Waals surface area contributed by atoms with Crippen LogP contribution < -0.4 is 0 Å². The maximum absolute atomic E-state index is 11.6. The molecule has 0 saturated heterocycles. The van der Waals surface area contributed by atoms with Gasteiger partial charge in [0.1, 0.15) is 0 Å². The highest BCUT2D eigenvalue weighted by Gasteiger charge is 2.04. The predicted molar refractivity (Wildman–Crippen MR) is 69.6 cm³/mol. The first-order chi connectivity index (χ1) is 7.69. The molecule has 0 bridgehead atoms. The summed E-state index contributed by atoms with van der Waals surface area (Å²) in [5.41, 5.74) is 3.11. The molecule has 86 valence electrons. The molecule has 0 heterocycles. The molecule has 1 rings (SSSR count). The molecule has 0 aromatic heterocycles. The number of hydrogen-bond donors (Lipinski definition) is 0. The van der Waals surface area contributed by atoms with Crippen molar-refractivity contribution in [3.05, 3.63) is 42.0 Å². The van der Waals surface area contributed by atoms with Crippen molar-refractivity contribution in [1.82, 2.24) is 0 Å². The van der Waals surface area contributed by atoms with Crippen LogP contribution in [0.5, 0.6) is 0 Å². The minimum absolute atomic E-state index is 0.232. The number of ketones is 1. The van der Waals surface area contributed by atoms with Crippen molar-refractivity contribution in [1.29, 1.82) is 0 Å². The lowest BCUT2D eigenvalue weighted by atomic mass is 9.99. The first-order valence-electron chi connectivity index (χ1n) is 6.00. The molecule has 0 amide bonds. The number of carbonyl (C=O) groups is 1. The molecular weight excluding hydrogens is 196 g/mol. The highest BCUT2D eigenvalue weighted by atomic mass is 16.1. The second-order valence-electron chi connectivity index (χ2n) is 4.10. The van der Waals surface area contributed by atoms with Gasteiger partial charge in [-0.1, -0.05) is 51.1 Å². The van der Waals surface area contributed by atoms with Gasteiger partial charge < -0.3 is 0 Å². The molecule has 0 saturated carbocycles. The van der Waals surface area contributed by atoms with E-state index >= 15 is 0 Å². The summed E-state index contributed by atoms with van der Waals surface area (Å²) in [7, 11) is 0. The average molecular weight is 216 g/mol. The highest BCUT2D eigenvalue weighted by molar-refractivity contribution is 5.96. The summed E-state index contributed by atoms with van der Waals surface area (Å²) >= 11 is 0. The summed E-state index contributed by atoms with van der Waals surface area (Å²) in [6.45, 7) is 8.21. The Morgan fingerprint density at radius 1 is 1.00 bits per heavy atom. The quantitative estimate of drug-likeness (QED) is 0.641. The van der Waals surface area contributed by atoms with Gasteiger partial charge in [0.2, 0.25) is 0 Å². The molecule has 1 heteroatoms. The zero-order valence-corrected chi connectivity index (χ0v) is 10.3. The minimum atomic E-state index is 0.232. The van der Waals surface area contributed by atoms with Crippen LogP contribution in [0.25, 0.3) is 5.57 Å². The number of allylic oxidation sites excluding steroid dienone is 1. The molecule has 0 aliphatic rings. The van der Waals surface area contributed by atoms with Gasteiger partial charge in [0, 0.05) is 12.0 Å². The molecule has 0 spiro atoms. The lowest BCUT2D eigenvalue weighted by Gasteiger charge is -2.05. The number of rotatable bonds is 6. The van der Waals surface area contributed by atoms with Gasteiger partial charge in [0.05, 0.1) is 0 Å². The van der Waals surface area contributed by atoms with Crippen LogP contribution in [0.1, 0.15) is 55.5 Å². The van der Waals surface area contributed by atoms with Crippen molar-refractivity contribution >= 4 is 11.4 Å². The summed E-state index contributed by atoms with van der Waals surface area (Å²) in [5, 5.41) is 0. The number of hydrogen-bond acceptors (Lipinski definition) is 1. The zero-order valence-electron chi connectivity index (χ0n) is 10.3. The average Bonchev–Trinajstić information content (AvgIpc) is 2.30. The fraction of sp³-hybridized carbons (Fsp3) is 0.400. The number of Topliss-reactive ketones (excluding diaryl/α,β-unsaturated/α-hetero) is 1. The second-order valence-corrected chi connectivity index (χ2v) is 4.10. The van der Waals surface area contributed by atoms with Crippen molar-refractivity contribution in [2.75, 3.05) is 0 Å². The smallest absolute Gasteiger partial charge is 0.162 e. The molecule has 1 aromatic carbocycles. The van der Waals surface area contributed by atoms with Gasteiger partial charge >= 0.3 is 0 Å². The Labute approximate surface area is 98.2 Å². The fourth-order valence-corrected chi connectivity index (χ4v) is 1.71. The Hall–Kier alpha value is -1.37. The van der Waals surface area contributed by atoms with E-state index in [1.165, 1.54) is 0 Å². The Morgan fingerprint density at radius 2 is 1.50 bits per heavy atom. The SMILES string of the molecule is C=C(CCC)c1ccc(C(=O)CCC)cc1. The third kappa shape index (κ3) is 3.34. The molecule has 0 unspecified atom stereocenters. The molecule has 0 aliphatic heterocycles. The Morgan fingerprint density at radius 3 is 2.00 bits per heavy atom. The van der Waals surface area contributed by atoms with Crippen LogP contribution in [0.15, 0.2) is 30.8 Å². The van der Waals surface area contributed by atoms with Crippen molar-refractivity contribution in [2.45, 2.75) is 39.5 Å². The van der Waals surface area contributed by atoms with Gasteiger partial charge in [-0.25, -0.2) is 0 Å². The second kappa shape index (κ2) is 6.26. The Bertz CT molecular complexity index is 323. The van der Waals surface area contributed by atoms with Crippen molar-refractivity contribution < 1.29 is 4.79 Å². The van der Waals surface area contributed by atoms with Gasteiger partial charge in [-0.2, -0.15) is 0 Å². The summed E-state index contributed by atoms with van der Waals surface area (Å²) in [4.78, 5) is 11.6. The van der Waals surface area contributed by atoms with Gasteiger partial charge in [-0.3, -0.25) is 4.79 Å². The summed E-state index contributed by atoms with van der Waals surface area (Å²) in [6, 6.07) is 7.82. The molecule has 1 aromatic rings. The summed E-state index contributed by atoms with van der Waals surface area (Å²) in [5.74, 6) is 0.232. The van der Waals surface area contributed by atoms with Crippen LogP contribution in [0.4, 0.5) is 0 Å². The van der Waals surface area contributed by atoms with E-state index in [2.05, 4.69) is 13.5 Å². The molecule has 1 nitrogen and oxygen atoms in total. The fourth-order valence-electron chi connectivity index (χ4n) is 1.71. The maximum atomic E-state index is 11.6. The van der Waals surface area contributed by atoms with Gasteiger partial charge in [0.15, 0.2) is 5.78 Å². The van der Waals surface area contributed by atoms with Crippen LogP contribution in [-0.4, -0.2) is 5.78 Å². The summed E-state index contributed by atoms with van der Waals surface area (Å²) < 4.78 is 0. The third-order valence-corrected chi connectivity index (χ3v) is 2.64. The van der Waals surface area contributed by atoms with Crippen molar-refractivity contribution in [3.8, 4) is 0 Å². The first kappa shape index (κ1) is 12.7. The van der Waals surface area contributed by atoms with Gasteiger partial charge in [-0.15, -0.1) is 0 Å². The third-order valence-electron chi connectivity index (χ3n) is 2.64. The number of benzene rings is 1. The monoisotopic (exact) mass is 216 g/mol. The molecule has 0 atom stereocenters. The van der Waals surface area contributed by atoms with Crippen molar-refractivity contribution in [3.63, 3.8) is 0 Å². The van der Waals surface area contributed by atoms with E-state index in [-0.39, 0.29) is 5.78 Å². The highest BCUT2D eigenvalue weighted by Crippen LogP contribution is 2.18. The minimum Gasteiger partial charge on any atom is -0.294 e. The van der Waals surface area contributed by atoms with Gasteiger partial charge in [-0.05, 0) is 24.0 Å². The number of carbonyl (C=O) groups excluding carboxylic acids is 1. The van der Waals surface area contributed by atoms with Crippen LogP contribution in [-0.2, 0) is 0 Å². The molecule has 0 N–H and O–H groups in total. The lowest BCUT2D eigenvalue weighted by molar-refractivity contribution is 0.0982. The molecule has 0 radical (unpaired) electrons. The molecule has 16 heavy (non-hydrogen) atoms. The summed E-state index contributed by atoms with van der Waals surface area (Å²) in [6.07, 6.45) is 3.66. The van der Waals surface area contributed by atoms with E-state index in [0.717, 1.165) is 36.0 Å². The van der Waals surface area contributed by atoms with E-state index < -0.39 is 0 Å². The van der Waals surface area contributed by atoms with E-state index in [0.29, 0.717) is 6.42 Å². The molecular formula is C15H20O. The van der Waals surface area contributed by atoms with Crippen molar-refractivity contribution in [2.24, 2.45) is 0 Å². The van der Waals surface area contributed by atoms with E-state index in [1.54, 1.807) is 0 Å². The molecule has 0 aliphatic carbocycles. The largest absolute Gasteiger partial charge is 0.294 e. The van der Waals surface area contributed by atoms with E-state index in [4.69, 9.17) is 0 Å². The Kier molecular flexibility index (Phi) is 4.97. The van der Waals surface area contributed by atoms with Crippen LogP contribution in [0.3, 0.4) is 0 Å². The van der Waals surface area contributed by atoms with Gasteiger partial charge in [0.25, 0.3) is 0 Å². The van der Waals surface area contributed by atoms with Crippen LogP contribution >= 0.6 is 0 Å². The zero-order chi connectivity index (χ0) is 12.0. The standard InChI is InChI=1S/C15H20O/c1-4-6-12(3)13-8-10-14(11-9-13)15(16)7-5-2/h8-11H,3-7H2,1-2H3. The molecule has 0 fully saturated rings. The van der Waals surface area contributed by atoms with Crippen LogP contribution in [0, 0.1) is 0 Å². The van der Waals surface area contributed by atoms with Crippen LogP contribution in [0.2, 0.25) is 0 Å². The Balaban J connectivity index is 2.75. The maximum Gasteiger partial charge on any atom is 0.162 e. The first-order valence-corrected chi connectivity index (χ1v) is 6.00. The predicted octanol–water partition coefficient (Wildman–Crippen LogP) is 4.48.